The van der Waals surface area contributed by atoms with Gasteiger partial charge in [-0.25, -0.2) is 0 Å². The van der Waals surface area contributed by atoms with Crippen LogP contribution in [0.1, 0.15) is 12.0 Å². The summed E-state index contributed by atoms with van der Waals surface area (Å²) in [4.78, 5) is 15.0. The Kier molecular flexibility index (Phi) is 4.92. The largest absolute Gasteiger partial charge is 0.502 e. The Morgan fingerprint density at radius 1 is 1.30 bits per heavy atom. The second kappa shape index (κ2) is 6.67. The number of piperazine rings is 1. The fourth-order valence-corrected chi connectivity index (χ4v) is 2.45. The van der Waals surface area contributed by atoms with Gasteiger partial charge >= 0.3 is 5.69 Å². The normalized spacial score (nSPS) is 17.2. The molecule has 0 aromatic heterocycles. The number of benzene rings is 1. The zero-order valence-electron chi connectivity index (χ0n) is 11.8. The van der Waals surface area contributed by atoms with Crippen LogP contribution >= 0.6 is 0 Å². The third kappa shape index (κ3) is 3.91. The van der Waals surface area contributed by atoms with Crippen molar-refractivity contribution < 1.29 is 10.0 Å². The molecule has 0 bridgehead atoms. The van der Waals surface area contributed by atoms with E-state index in [0.29, 0.717) is 0 Å². The van der Waals surface area contributed by atoms with Gasteiger partial charge in [0.25, 0.3) is 0 Å². The highest BCUT2D eigenvalue weighted by Crippen LogP contribution is 2.26. The molecule has 6 heteroatoms. The minimum Gasteiger partial charge on any atom is -0.502 e. The zero-order chi connectivity index (χ0) is 14.5. The van der Waals surface area contributed by atoms with Gasteiger partial charge in [0.1, 0.15) is 0 Å². The molecule has 1 heterocycles. The van der Waals surface area contributed by atoms with Crippen LogP contribution in [0.5, 0.6) is 5.75 Å². The molecule has 6 nitrogen and oxygen atoms in total. The summed E-state index contributed by atoms with van der Waals surface area (Å²) in [6.45, 7) is 5.40. The molecule has 1 aliphatic heterocycles. The lowest BCUT2D eigenvalue weighted by Crippen LogP contribution is -2.44. The molecule has 0 atom stereocenters. The molecule has 110 valence electrons. The molecule has 20 heavy (non-hydrogen) atoms. The van der Waals surface area contributed by atoms with Crippen molar-refractivity contribution in [3.63, 3.8) is 0 Å². The van der Waals surface area contributed by atoms with Crippen LogP contribution in [0.15, 0.2) is 18.2 Å². The van der Waals surface area contributed by atoms with Crippen LogP contribution in [-0.2, 0) is 6.42 Å². The predicted octanol–water partition coefficient (Wildman–Crippen LogP) is 1.48. The van der Waals surface area contributed by atoms with Gasteiger partial charge in [0.05, 0.1) is 4.92 Å². The first-order valence-electron chi connectivity index (χ1n) is 6.93. The summed E-state index contributed by atoms with van der Waals surface area (Å²) in [6, 6.07) is 4.63. The summed E-state index contributed by atoms with van der Waals surface area (Å²) in [6.07, 6.45) is 1.78. The van der Waals surface area contributed by atoms with Crippen molar-refractivity contribution in [3.8, 4) is 5.75 Å². The van der Waals surface area contributed by atoms with Crippen molar-refractivity contribution in [2.45, 2.75) is 12.8 Å². The van der Waals surface area contributed by atoms with Gasteiger partial charge in [-0.05, 0) is 38.1 Å². The third-order valence-electron chi connectivity index (χ3n) is 3.77. The minimum absolute atomic E-state index is 0.206. The second-order valence-electron chi connectivity index (χ2n) is 5.33. The maximum Gasteiger partial charge on any atom is 0.310 e. The van der Waals surface area contributed by atoms with E-state index >= 15 is 0 Å². The molecular weight excluding hydrogens is 258 g/mol. The molecule has 0 amide bonds. The van der Waals surface area contributed by atoms with Gasteiger partial charge in [-0.2, -0.15) is 0 Å². The monoisotopic (exact) mass is 279 g/mol. The van der Waals surface area contributed by atoms with Crippen LogP contribution in [-0.4, -0.2) is 59.6 Å². The van der Waals surface area contributed by atoms with Crippen molar-refractivity contribution in [1.82, 2.24) is 9.80 Å². The van der Waals surface area contributed by atoms with Gasteiger partial charge < -0.3 is 14.9 Å². The number of phenolic OH excluding ortho intramolecular Hbond substituents is 1. The van der Waals surface area contributed by atoms with E-state index in [1.165, 1.54) is 12.1 Å². The molecule has 1 saturated heterocycles. The maximum absolute atomic E-state index is 10.8. The van der Waals surface area contributed by atoms with Crippen molar-refractivity contribution in [2.24, 2.45) is 0 Å². The van der Waals surface area contributed by atoms with Gasteiger partial charge in [-0.1, -0.05) is 6.07 Å². The van der Waals surface area contributed by atoms with Crippen LogP contribution in [0.2, 0.25) is 0 Å². The molecule has 0 radical (unpaired) electrons. The number of likely N-dealkylation sites (N-methyl/N-ethyl adjacent to an activating group) is 1. The first-order valence-corrected chi connectivity index (χ1v) is 6.93. The number of nitro groups is 1. The molecule has 0 aliphatic carbocycles. The topological polar surface area (TPSA) is 69.8 Å². The summed E-state index contributed by atoms with van der Waals surface area (Å²) >= 11 is 0. The molecule has 1 aromatic rings. The Morgan fingerprint density at radius 3 is 2.65 bits per heavy atom. The number of rotatable bonds is 5. The summed E-state index contributed by atoms with van der Waals surface area (Å²) in [5.74, 6) is -0.266. The lowest BCUT2D eigenvalue weighted by atomic mass is 10.1. The van der Waals surface area contributed by atoms with E-state index in [1.54, 1.807) is 6.07 Å². The Hall–Kier alpha value is -1.66. The molecule has 0 unspecified atom stereocenters. The molecule has 0 saturated carbocycles. The van der Waals surface area contributed by atoms with E-state index in [9.17, 15) is 15.2 Å². The van der Waals surface area contributed by atoms with E-state index in [1.807, 2.05) is 0 Å². The van der Waals surface area contributed by atoms with Gasteiger partial charge in [-0.15, -0.1) is 0 Å². The van der Waals surface area contributed by atoms with Crippen LogP contribution in [0.4, 0.5) is 5.69 Å². The molecule has 1 N–H and O–H groups in total. The molecular formula is C14H21N3O3. The second-order valence-corrected chi connectivity index (χ2v) is 5.33. The van der Waals surface area contributed by atoms with Crippen LogP contribution in [0.25, 0.3) is 0 Å². The average Bonchev–Trinajstić information content (AvgIpc) is 2.42. The average molecular weight is 279 g/mol. The van der Waals surface area contributed by atoms with Gasteiger partial charge in [-0.3, -0.25) is 10.1 Å². The summed E-state index contributed by atoms with van der Waals surface area (Å²) < 4.78 is 0. The lowest BCUT2D eigenvalue weighted by Gasteiger charge is -2.32. The molecule has 1 aromatic carbocycles. The molecule has 0 spiro atoms. The Morgan fingerprint density at radius 2 is 2.00 bits per heavy atom. The number of hydrogen-bond acceptors (Lipinski definition) is 5. The SMILES string of the molecule is CN1CCN(CCCc2ccc(O)c([N+](=O)[O-])c2)CC1. The number of nitro benzene ring substituents is 1. The first-order chi connectivity index (χ1) is 9.56. The van der Waals surface area contributed by atoms with Crippen molar-refractivity contribution in [3.05, 3.63) is 33.9 Å². The van der Waals surface area contributed by atoms with E-state index in [4.69, 9.17) is 0 Å². The Balaban J connectivity index is 1.82. The smallest absolute Gasteiger partial charge is 0.310 e. The fourth-order valence-electron chi connectivity index (χ4n) is 2.45. The highest BCUT2D eigenvalue weighted by Gasteiger charge is 2.15. The minimum atomic E-state index is -0.542. The number of aromatic hydroxyl groups is 1. The Bertz CT molecular complexity index is 471. The van der Waals surface area contributed by atoms with E-state index < -0.39 is 4.92 Å². The molecule has 1 fully saturated rings. The number of nitrogens with zero attached hydrogens (tertiary/aromatic N) is 3. The van der Waals surface area contributed by atoms with Crippen LogP contribution < -0.4 is 0 Å². The molecule has 1 aliphatic rings. The number of phenols is 1. The van der Waals surface area contributed by atoms with Crippen LogP contribution in [0.3, 0.4) is 0 Å². The predicted molar refractivity (Wildman–Crippen MR) is 77.0 cm³/mol. The van der Waals surface area contributed by atoms with Gasteiger partial charge in [0, 0.05) is 32.2 Å². The summed E-state index contributed by atoms with van der Waals surface area (Å²) in [7, 11) is 2.13. The standard InChI is InChI=1S/C14H21N3O3/c1-15-7-9-16(10-8-15)6-2-3-12-4-5-14(18)13(11-12)17(19)20/h4-5,11,18H,2-3,6-10H2,1H3. The summed E-state index contributed by atoms with van der Waals surface area (Å²) in [5, 5.41) is 20.2. The van der Waals surface area contributed by atoms with Crippen molar-refractivity contribution >= 4 is 5.69 Å². The maximum atomic E-state index is 10.8. The van der Waals surface area contributed by atoms with Crippen molar-refractivity contribution in [1.29, 1.82) is 0 Å². The van der Waals surface area contributed by atoms with Crippen molar-refractivity contribution in [2.75, 3.05) is 39.8 Å². The highest BCUT2D eigenvalue weighted by atomic mass is 16.6. The number of hydrogen-bond donors (Lipinski definition) is 1. The fraction of sp³-hybridized carbons (Fsp3) is 0.571. The number of aryl methyl sites for hydroxylation is 1. The highest BCUT2D eigenvalue weighted by molar-refractivity contribution is 5.47. The quantitative estimate of drug-likeness (QED) is 0.653. The van der Waals surface area contributed by atoms with Gasteiger partial charge in [0.2, 0.25) is 0 Å². The molecule has 2 rings (SSSR count). The van der Waals surface area contributed by atoms with E-state index in [0.717, 1.165) is 51.1 Å². The first kappa shape index (κ1) is 14.7. The van der Waals surface area contributed by atoms with Crippen LogP contribution in [0, 0.1) is 10.1 Å². The Labute approximate surface area is 118 Å². The summed E-state index contributed by atoms with van der Waals surface area (Å²) in [5.41, 5.74) is 0.700. The van der Waals surface area contributed by atoms with E-state index in [-0.39, 0.29) is 11.4 Å². The zero-order valence-corrected chi connectivity index (χ0v) is 11.8. The third-order valence-corrected chi connectivity index (χ3v) is 3.77. The van der Waals surface area contributed by atoms with Gasteiger partial charge in [0.15, 0.2) is 5.75 Å². The van der Waals surface area contributed by atoms with E-state index in [2.05, 4.69) is 16.8 Å². The lowest BCUT2D eigenvalue weighted by molar-refractivity contribution is -0.385.